The van der Waals surface area contributed by atoms with Crippen molar-refractivity contribution in [3.63, 3.8) is 0 Å². The summed E-state index contributed by atoms with van der Waals surface area (Å²) in [7, 11) is 1.58. The van der Waals surface area contributed by atoms with Gasteiger partial charge in [-0.25, -0.2) is 0 Å². The minimum absolute atomic E-state index is 0.00972. The first kappa shape index (κ1) is 20.3. The van der Waals surface area contributed by atoms with E-state index in [1.807, 2.05) is 12.1 Å². The van der Waals surface area contributed by atoms with Gasteiger partial charge in [-0.1, -0.05) is 24.3 Å². The van der Waals surface area contributed by atoms with Crippen LogP contribution in [0.2, 0.25) is 0 Å². The maximum atomic E-state index is 12.2. The number of rotatable bonds is 1. The van der Waals surface area contributed by atoms with Gasteiger partial charge in [-0.2, -0.15) is 0 Å². The predicted molar refractivity (Wildman–Crippen MR) is 128 cm³/mol. The molecule has 0 saturated carbocycles. The van der Waals surface area contributed by atoms with E-state index < -0.39 is 0 Å². The molecule has 0 aliphatic rings. The van der Waals surface area contributed by atoms with Crippen LogP contribution < -0.4 is 15.6 Å². The van der Waals surface area contributed by atoms with Crippen LogP contribution in [0.4, 0.5) is 0 Å². The molecule has 33 heavy (non-hydrogen) atoms. The molecule has 4 aromatic carbocycles. The van der Waals surface area contributed by atoms with E-state index in [2.05, 4.69) is 0 Å². The van der Waals surface area contributed by atoms with Crippen LogP contribution in [0, 0.1) is 0 Å². The molecule has 0 aliphatic carbocycles. The third-order valence-electron chi connectivity index (χ3n) is 5.35. The number of hydrogen-bond acceptors (Lipinski definition) is 6. The highest BCUT2D eigenvalue weighted by molar-refractivity contribution is 5.91. The fourth-order valence-corrected chi connectivity index (χ4v) is 3.70. The first-order chi connectivity index (χ1) is 16.0. The Labute approximate surface area is 186 Å². The molecule has 162 valence electrons. The summed E-state index contributed by atoms with van der Waals surface area (Å²) in [4.78, 5) is 24.2. The van der Waals surface area contributed by atoms with Crippen molar-refractivity contribution < 1.29 is 18.7 Å². The van der Waals surface area contributed by atoms with E-state index in [1.54, 1.807) is 67.8 Å². The maximum Gasteiger partial charge on any atom is 0.200 e. The lowest BCUT2D eigenvalue weighted by Gasteiger charge is -2.03. The number of methoxy groups -OCH3 is 1. The van der Waals surface area contributed by atoms with Crippen LogP contribution in [0.3, 0.4) is 0 Å². The van der Waals surface area contributed by atoms with Crippen LogP contribution in [0.15, 0.2) is 103 Å². The summed E-state index contributed by atoms with van der Waals surface area (Å²) in [6.45, 7) is 0. The minimum Gasteiger partial charge on any atom is -0.508 e. The van der Waals surface area contributed by atoms with Gasteiger partial charge in [0.15, 0.2) is 0 Å². The molecule has 0 fully saturated rings. The van der Waals surface area contributed by atoms with Crippen molar-refractivity contribution in [1.82, 2.24) is 0 Å². The van der Waals surface area contributed by atoms with Crippen LogP contribution in [0.5, 0.6) is 11.5 Å². The zero-order valence-corrected chi connectivity index (χ0v) is 17.6. The van der Waals surface area contributed by atoms with Gasteiger partial charge in [0.1, 0.15) is 33.8 Å². The zero-order valence-electron chi connectivity index (χ0n) is 17.6. The number of aromatic hydroxyl groups is 1. The molecule has 0 bridgehead atoms. The highest BCUT2D eigenvalue weighted by Gasteiger charge is 2.08. The Balaban J connectivity index is 0.000000139. The number of ether oxygens (including phenoxy) is 1. The topological polar surface area (TPSA) is 89.9 Å². The molecule has 1 N–H and O–H groups in total. The van der Waals surface area contributed by atoms with E-state index in [1.165, 1.54) is 12.1 Å². The van der Waals surface area contributed by atoms with E-state index in [0.29, 0.717) is 49.6 Å². The van der Waals surface area contributed by atoms with Crippen molar-refractivity contribution in [3.05, 3.63) is 105 Å². The van der Waals surface area contributed by atoms with Crippen LogP contribution in [0.1, 0.15) is 0 Å². The summed E-state index contributed by atoms with van der Waals surface area (Å²) >= 11 is 0. The molecule has 6 nitrogen and oxygen atoms in total. The molecule has 6 aromatic rings. The summed E-state index contributed by atoms with van der Waals surface area (Å²) in [6, 6.07) is 24.0. The number of phenolic OH excluding ortho intramolecular Hbond substituents is 1. The second-order valence-corrected chi connectivity index (χ2v) is 7.40. The quantitative estimate of drug-likeness (QED) is 0.336. The molecule has 2 heterocycles. The van der Waals surface area contributed by atoms with Crippen molar-refractivity contribution in [2.45, 2.75) is 0 Å². The van der Waals surface area contributed by atoms with Crippen LogP contribution in [0.25, 0.3) is 43.9 Å². The molecule has 6 rings (SSSR count). The predicted octanol–water partition coefficient (Wildman–Crippen LogP) is 5.61. The van der Waals surface area contributed by atoms with Crippen molar-refractivity contribution >= 4 is 43.9 Å². The number of phenols is 1. The summed E-state index contributed by atoms with van der Waals surface area (Å²) in [5, 5.41) is 11.5. The second kappa shape index (κ2) is 8.16. The lowest BCUT2D eigenvalue weighted by atomic mass is 10.1. The van der Waals surface area contributed by atoms with Crippen LogP contribution in [-0.2, 0) is 0 Å². The normalized spacial score (nSPS) is 10.9. The summed E-state index contributed by atoms with van der Waals surface area (Å²) in [6.07, 6.45) is 0. The summed E-state index contributed by atoms with van der Waals surface area (Å²) in [5.74, 6) is 0.766. The molecule has 0 aliphatic heterocycles. The fourth-order valence-electron chi connectivity index (χ4n) is 3.70. The average Bonchev–Trinajstić information content (AvgIpc) is 2.84. The molecule has 0 atom stereocenters. The highest BCUT2D eigenvalue weighted by Crippen LogP contribution is 2.23. The van der Waals surface area contributed by atoms with E-state index in [0.717, 1.165) is 0 Å². The van der Waals surface area contributed by atoms with Gasteiger partial charge >= 0.3 is 0 Å². The van der Waals surface area contributed by atoms with Gasteiger partial charge in [-0.15, -0.1) is 0 Å². The standard InChI is InChI=1S/C14H10O3.C13H8O3/c1-16-9-6-7-11-13(8-9)17-12-5-3-2-4-10(12)14(11)15;14-8-5-6-10-12(7-8)16-11-4-2-1-3-9(11)13(10)15/h2-8H,1H3;1-7,14H. The molecule has 2 aromatic heterocycles. The first-order valence-electron chi connectivity index (χ1n) is 10.2. The number of hydrogen-bond donors (Lipinski definition) is 1. The lowest BCUT2D eigenvalue weighted by molar-refractivity contribution is 0.414. The van der Waals surface area contributed by atoms with Crippen molar-refractivity contribution in [2.75, 3.05) is 7.11 Å². The summed E-state index contributed by atoms with van der Waals surface area (Å²) in [5.41, 5.74) is 2.00. The Kier molecular flexibility index (Phi) is 5.03. The average molecular weight is 438 g/mol. The monoisotopic (exact) mass is 438 g/mol. The molecule has 0 unspecified atom stereocenters. The van der Waals surface area contributed by atoms with Crippen LogP contribution in [-0.4, -0.2) is 12.2 Å². The third kappa shape index (κ3) is 3.68. The van der Waals surface area contributed by atoms with Crippen molar-refractivity contribution in [1.29, 1.82) is 0 Å². The van der Waals surface area contributed by atoms with E-state index in [4.69, 9.17) is 13.6 Å². The molecular weight excluding hydrogens is 420 g/mol. The zero-order chi connectivity index (χ0) is 22.9. The highest BCUT2D eigenvalue weighted by atomic mass is 16.5. The van der Waals surface area contributed by atoms with E-state index in [-0.39, 0.29) is 16.6 Å². The minimum atomic E-state index is -0.0724. The molecular formula is C27H18O6. The van der Waals surface area contributed by atoms with Crippen molar-refractivity contribution in [3.8, 4) is 11.5 Å². The SMILES string of the molecule is COc1ccc2c(=O)c3ccccc3oc2c1.O=c1c2ccccc2oc2cc(O)ccc12. The third-order valence-corrected chi connectivity index (χ3v) is 5.35. The lowest BCUT2D eigenvalue weighted by Crippen LogP contribution is -2.01. The molecule has 0 spiro atoms. The molecule has 6 heteroatoms. The van der Waals surface area contributed by atoms with E-state index in [9.17, 15) is 14.7 Å². The van der Waals surface area contributed by atoms with E-state index >= 15 is 0 Å². The first-order valence-corrected chi connectivity index (χ1v) is 10.2. The largest absolute Gasteiger partial charge is 0.508 e. The maximum absolute atomic E-state index is 12.2. The number of fused-ring (bicyclic) bond motifs is 4. The Hall–Kier alpha value is -4.58. The molecule has 0 saturated heterocycles. The number of benzene rings is 4. The Morgan fingerprint density at radius 3 is 1.67 bits per heavy atom. The second-order valence-electron chi connectivity index (χ2n) is 7.40. The molecule has 0 radical (unpaired) electrons. The van der Waals surface area contributed by atoms with Gasteiger partial charge < -0.3 is 18.7 Å². The Morgan fingerprint density at radius 1 is 0.606 bits per heavy atom. The van der Waals surface area contributed by atoms with Gasteiger partial charge in [0.2, 0.25) is 10.9 Å². The Bertz CT molecular complexity index is 1760. The van der Waals surface area contributed by atoms with Gasteiger partial charge in [0.25, 0.3) is 0 Å². The smallest absolute Gasteiger partial charge is 0.200 e. The number of para-hydroxylation sites is 2. The van der Waals surface area contributed by atoms with Crippen LogP contribution >= 0.6 is 0 Å². The molecule has 0 amide bonds. The Morgan fingerprint density at radius 2 is 1.09 bits per heavy atom. The van der Waals surface area contributed by atoms with Gasteiger partial charge in [0, 0.05) is 12.1 Å². The fraction of sp³-hybridized carbons (Fsp3) is 0.0370. The summed E-state index contributed by atoms with van der Waals surface area (Å²) < 4.78 is 16.3. The van der Waals surface area contributed by atoms with Gasteiger partial charge in [-0.05, 0) is 48.5 Å². The van der Waals surface area contributed by atoms with Gasteiger partial charge in [-0.3, -0.25) is 9.59 Å². The van der Waals surface area contributed by atoms with Gasteiger partial charge in [0.05, 0.1) is 28.7 Å². The van der Waals surface area contributed by atoms with Crippen molar-refractivity contribution in [2.24, 2.45) is 0 Å².